The predicted molar refractivity (Wildman–Crippen MR) is 71.2 cm³/mol. The molecule has 1 rings (SSSR count). The smallest absolute Gasteiger partial charge is 0.300 e. The molecule has 0 radical (unpaired) electrons. The summed E-state index contributed by atoms with van der Waals surface area (Å²) in [6.45, 7) is 2.41. The van der Waals surface area contributed by atoms with Gasteiger partial charge in [0, 0.05) is 25.6 Å². The molecule has 0 saturated heterocycles. The van der Waals surface area contributed by atoms with Gasteiger partial charge in [-0.3, -0.25) is 19.7 Å². The molecule has 9 nitrogen and oxygen atoms in total. The van der Waals surface area contributed by atoms with Gasteiger partial charge in [-0.1, -0.05) is 0 Å². The SMILES string of the molecule is CCNc1cc(C(=O)NCCC(N)=O)c([N+](=O)[O-])cn1. The number of rotatable bonds is 7. The first kappa shape index (κ1) is 15.3. The molecule has 1 aromatic heterocycles. The molecule has 1 heterocycles. The van der Waals surface area contributed by atoms with Crippen LogP contribution in [0.1, 0.15) is 23.7 Å². The van der Waals surface area contributed by atoms with Crippen molar-refractivity contribution in [3.8, 4) is 0 Å². The van der Waals surface area contributed by atoms with Gasteiger partial charge in [-0.15, -0.1) is 0 Å². The van der Waals surface area contributed by atoms with E-state index in [-0.39, 0.29) is 18.5 Å². The zero-order valence-electron chi connectivity index (χ0n) is 10.9. The van der Waals surface area contributed by atoms with Gasteiger partial charge in [-0.2, -0.15) is 0 Å². The number of nitrogens with zero attached hydrogens (tertiary/aromatic N) is 2. The van der Waals surface area contributed by atoms with Gasteiger partial charge in [0.25, 0.3) is 11.6 Å². The molecule has 0 bridgehead atoms. The molecule has 0 unspecified atom stereocenters. The summed E-state index contributed by atoms with van der Waals surface area (Å²) in [5, 5.41) is 16.1. The molecule has 0 fully saturated rings. The van der Waals surface area contributed by atoms with Crippen molar-refractivity contribution in [1.82, 2.24) is 10.3 Å². The maximum Gasteiger partial charge on any atom is 0.300 e. The largest absolute Gasteiger partial charge is 0.370 e. The van der Waals surface area contributed by atoms with Gasteiger partial charge in [0.1, 0.15) is 17.6 Å². The fourth-order valence-corrected chi connectivity index (χ4v) is 1.45. The summed E-state index contributed by atoms with van der Waals surface area (Å²) < 4.78 is 0. The first-order valence-corrected chi connectivity index (χ1v) is 5.90. The Balaban J connectivity index is 2.93. The molecular formula is C11H15N5O4. The number of carbonyl (C=O) groups is 2. The Labute approximate surface area is 114 Å². The van der Waals surface area contributed by atoms with Gasteiger partial charge >= 0.3 is 0 Å². The molecule has 0 spiro atoms. The zero-order chi connectivity index (χ0) is 15.1. The maximum absolute atomic E-state index is 11.9. The first-order chi connectivity index (χ1) is 9.45. The second-order valence-electron chi connectivity index (χ2n) is 3.85. The highest BCUT2D eigenvalue weighted by molar-refractivity contribution is 5.98. The van der Waals surface area contributed by atoms with Crippen molar-refractivity contribution in [3.63, 3.8) is 0 Å². The van der Waals surface area contributed by atoms with Crippen LogP contribution in [0.4, 0.5) is 11.5 Å². The molecule has 9 heteroatoms. The summed E-state index contributed by atoms with van der Waals surface area (Å²) in [5.41, 5.74) is 4.42. The van der Waals surface area contributed by atoms with Gasteiger partial charge in [0.2, 0.25) is 5.91 Å². The van der Waals surface area contributed by atoms with E-state index in [2.05, 4.69) is 15.6 Å². The topological polar surface area (TPSA) is 140 Å². The monoisotopic (exact) mass is 281 g/mol. The number of pyridine rings is 1. The van der Waals surface area contributed by atoms with E-state index in [0.717, 1.165) is 6.20 Å². The average Bonchev–Trinajstić information content (AvgIpc) is 2.38. The Morgan fingerprint density at radius 2 is 2.20 bits per heavy atom. The summed E-state index contributed by atoms with van der Waals surface area (Å²) in [7, 11) is 0. The summed E-state index contributed by atoms with van der Waals surface area (Å²) >= 11 is 0. The van der Waals surface area contributed by atoms with Crippen LogP contribution in [0.3, 0.4) is 0 Å². The number of nitro groups is 1. The van der Waals surface area contributed by atoms with Crippen LogP contribution in [0.5, 0.6) is 0 Å². The third-order valence-corrected chi connectivity index (χ3v) is 2.34. The summed E-state index contributed by atoms with van der Waals surface area (Å²) in [4.78, 5) is 36.5. The average molecular weight is 281 g/mol. The highest BCUT2D eigenvalue weighted by Gasteiger charge is 2.21. The van der Waals surface area contributed by atoms with Gasteiger partial charge in [-0.25, -0.2) is 4.98 Å². The minimum absolute atomic E-state index is 0.0180. The van der Waals surface area contributed by atoms with E-state index in [1.807, 2.05) is 6.92 Å². The lowest BCUT2D eigenvalue weighted by Crippen LogP contribution is -2.28. The van der Waals surface area contributed by atoms with Crippen LogP contribution in [0.15, 0.2) is 12.3 Å². The quantitative estimate of drug-likeness (QED) is 0.475. The van der Waals surface area contributed by atoms with Crippen LogP contribution in [-0.4, -0.2) is 34.8 Å². The van der Waals surface area contributed by atoms with Gasteiger partial charge in [0.15, 0.2) is 0 Å². The van der Waals surface area contributed by atoms with E-state index in [1.54, 1.807) is 0 Å². The van der Waals surface area contributed by atoms with Crippen molar-refractivity contribution >= 4 is 23.3 Å². The minimum atomic E-state index is -0.689. The molecule has 0 atom stereocenters. The highest BCUT2D eigenvalue weighted by Crippen LogP contribution is 2.20. The van der Waals surface area contributed by atoms with Gasteiger partial charge in [0.05, 0.1) is 4.92 Å². The Kier molecular flexibility index (Phi) is 5.39. The molecule has 0 aliphatic carbocycles. The molecule has 2 amide bonds. The Morgan fingerprint density at radius 1 is 1.50 bits per heavy atom. The first-order valence-electron chi connectivity index (χ1n) is 5.90. The summed E-state index contributed by atoms with van der Waals surface area (Å²) in [6.07, 6.45) is 0.978. The second kappa shape index (κ2) is 7.02. The van der Waals surface area contributed by atoms with E-state index in [9.17, 15) is 19.7 Å². The Bertz CT molecular complexity index is 532. The van der Waals surface area contributed by atoms with Crippen molar-refractivity contribution in [2.24, 2.45) is 5.73 Å². The number of hydrogen-bond donors (Lipinski definition) is 3. The third-order valence-electron chi connectivity index (χ3n) is 2.34. The number of aromatic nitrogens is 1. The van der Waals surface area contributed by atoms with Gasteiger partial charge in [-0.05, 0) is 6.92 Å². The molecule has 1 aromatic rings. The number of nitrogens with one attached hydrogen (secondary N) is 2. The molecule has 0 aliphatic heterocycles. The highest BCUT2D eigenvalue weighted by atomic mass is 16.6. The predicted octanol–water partition coefficient (Wildman–Crippen LogP) is 0.0268. The fourth-order valence-electron chi connectivity index (χ4n) is 1.45. The van der Waals surface area contributed by atoms with Crippen molar-refractivity contribution < 1.29 is 14.5 Å². The summed E-state index contributed by atoms with van der Waals surface area (Å²) in [6, 6.07) is 1.29. The molecule has 4 N–H and O–H groups in total. The number of nitrogens with two attached hydrogens (primary N) is 1. The van der Waals surface area contributed by atoms with E-state index in [1.165, 1.54) is 6.07 Å². The summed E-state index contributed by atoms with van der Waals surface area (Å²) in [5.74, 6) is -0.861. The molecule has 20 heavy (non-hydrogen) atoms. The van der Waals surface area contributed by atoms with Crippen LogP contribution in [0, 0.1) is 10.1 Å². The lowest BCUT2D eigenvalue weighted by molar-refractivity contribution is -0.385. The van der Waals surface area contributed by atoms with Crippen LogP contribution in [0.2, 0.25) is 0 Å². The molecule has 0 saturated carbocycles. The van der Waals surface area contributed by atoms with E-state index >= 15 is 0 Å². The number of carbonyl (C=O) groups excluding carboxylic acids is 2. The number of hydrogen-bond acceptors (Lipinski definition) is 6. The molecule has 0 aromatic carbocycles. The number of primary amides is 1. The maximum atomic E-state index is 11.9. The van der Waals surface area contributed by atoms with E-state index in [4.69, 9.17) is 5.73 Å². The Hall–Kier alpha value is -2.71. The Morgan fingerprint density at radius 3 is 2.75 bits per heavy atom. The number of anilines is 1. The normalized spacial score (nSPS) is 9.85. The van der Waals surface area contributed by atoms with Crippen molar-refractivity contribution in [1.29, 1.82) is 0 Å². The van der Waals surface area contributed by atoms with Crippen LogP contribution in [0.25, 0.3) is 0 Å². The fraction of sp³-hybridized carbons (Fsp3) is 0.364. The van der Waals surface area contributed by atoms with Gasteiger partial charge < -0.3 is 16.4 Å². The third kappa shape index (κ3) is 4.19. The molecule has 0 aliphatic rings. The van der Waals surface area contributed by atoms with Crippen molar-refractivity contribution in [2.75, 3.05) is 18.4 Å². The number of amides is 2. The lowest BCUT2D eigenvalue weighted by Gasteiger charge is -2.07. The van der Waals surface area contributed by atoms with E-state index in [0.29, 0.717) is 12.4 Å². The standard InChI is InChI=1S/C11H15N5O4/c1-2-13-10-5-7(8(6-15-10)16(19)20)11(18)14-4-3-9(12)17/h5-6H,2-4H2,1H3,(H2,12,17)(H,13,15)(H,14,18). The van der Waals surface area contributed by atoms with E-state index < -0.39 is 22.4 Å². The van der Waals surface area contributed by atoms with Crippen LogP contribution in [-0.2, 0) is 4.79 Å². The second-order valence-corrected chi connectivity index (χ2v) is 3.85. The van der Waals surface area contributed by atoms with Crippen molar-refractivity contribution in [2.45, 2.75) is 13.3 Å². The molecule has 108 valence electrons. The lowest BCUT2D eigenvalue weighted by atomic mass is 10.2. The van der Waals surface area contributed by atoms with Crippen LogP contribution >= 0.6 is 0 Å². The minimum Gasteiger partial charge on any atom is -0.370 e. The van der Waals surface area contributed by atoms with Crippen LogP contribution < -0.4 is 16.4 Å². The zero-order valence-corrected chi connectivity index (χ0v) is 10.9. The van der Waals surface area contributed by atoms with Crippen molar-refractivity contribution in [3.05, 3.63) is 27.9 Å². The molecular weight excluding hydrogens is 266 g/mol.